The van der Waals surface area contributed by atoms with Crippen molar-refractivity contribution in [1.82, 2.24) is 4.98 Å². The van der Waals surface area contributed by atoms with E-state index >= 15 is 0 Å². The summed E-state index contributed by atoms with van der Waals surface area (Å²) in [6.07, 6.45) is 2.49. The van der Waals surface area contributed by atoms with Crippen molar-refractivity contribution in [3.63, 3.8) is 0 Å². The van der Waals surface area contributed by atoms with E-state index in [-0.39, 0.29) is 5.91 Å². The Balaban J connectivity index is 1.92. The lowest BCUT2D eigenvalue weighted by Gasteiger charge is -2.08. The second kappa shape index (κ2) is 8.72. The van der Waals surface area contributed by atoms with Crippen LogP contribution in [0.15, 0.2) is 36.5 Å². The zero-order valence-electron chi connectivity index (χ0n) is 12.6. The van der Waals surface area contributed by atoms with Crippen LogP contribution in [-0.2, 0) is 4.74 Å². The van der Waals surface area contributed by atoms with Crippen LogP contribution in [0.3, 0.4) is 0 Å². The number of aromatic nitrogens is 1. The molecule has 1 heterocycles. The van der Waals surface area contributed by atoms with E-state index in [1.54, 1.807) is 37.6 Å². The van der Waals surface area contributed by atoms with Gasteiger partial charge < -0.3 is 15.4 Å². The van der Waals surface area contributed by atoms with Gasteiger partial charge in [-0.05, 0) is 36.8 Å². The van der Waals surface area contributed by atoms with Gasteiger partial charge in [-0.2, -0.15) is 0 Å². The maximum atomic E-state index is 12.1. The van der Waals surface area contributed by atoms with E-state index in [1.807, 2.05) is 0 Å². The van der Waals surface area contributed by atoms with Crippen molar-refractivity contribution in [3.05, 3.63) is 52.1 Å². The van der Waals surface area contributed by atoms with Crippen molar-refractivity contribution >= 4 is 40.6 Å². The molecule has 0 aliphatic heterocycles. The number of methoxy groups -OCH3 is 1. The molecule has 0 saturated carbocycles. The first kappa shape index (κ1) is 17.5. The first-order valence-electron chi connectivity index (χ1n) is 7.05. The molecule has 0 unspecified atom stereocenters. The summed E-state index contributed by atoms with van der Waals surface area (Å²) in [6.45, 7) is 1.47. The predicted octanol–water partition coefficient (Wildman–Crippen LogP) is 4.09. The van der Waals surface area contributed by atoms with Crippen LogP contribution in [0, 0.1) is 0 Å². The lowest BCUT2D eigenvalue weighted by molar-refractivity contribution is 0.102. The summed E-state index contributed by atoms with van der Waals surface area (Å²) >= 11 is 11.7. The minimum atomic E-state index is -0.272. The molecule has 1 amide bonds. The molecule has 1 aromatic heterocycles. The Morgan fingerprint density at radius 2 is 2.04 bits per heavy atom. The van der Waals surface area contributed by atoms with E-state index in [2.05, 4.69) is 15.6 Å². The van der Waals surface area contributed by atoms with E-state index in [0.29, 0.717) is 27.9 Å². The van der Waals surface area contributed by atoms with E-state index < -0.39 is 0 Å². The molecule has 2 aromatic rings. The molecule has 0 aliphatic carbocycles. The molecule has 0 atom stereocenters. The molecule has 0 bridgehead atoms. The summed E-state index contributed by atoms with van der Waals surface area (Å²) in [4.78, 5) is 16.4. The van der Waals surface area contributed by atoms with Gasteiger partial charge in [0.25, 0.3) is 5.91 Å². The standard InChI is InChI=1S/C16H17Cl2N3O2/c1-23-8-2-7-19-15-6-4-12(10-20-15)21-16(22)11-3-5-13(17)14(18)9-11/h3-6,9-10H,2,7-8H2,1H3,(H,19,20)(H,21,22). The number of ether oxygens (including phenoxy) is 1. The third kappa shape index (κ3) is 5.39. The molecular formula is C16H17Cl2N3O2. The lowest BCUT2D eigenvalue weighted by atomic mass is 10.2. The summed E-state index contributed by atoms with van der Waals surface area (Å²) < 4.78 is 4.97. The second-order valence-corrected chi connectivity index (χ2v) is 5.60. The monoisotopic (exact) mass is 353 g/mol. The van der Waals surface area contributed by atoms with Gasteiger partial charge in [0.05, 0.1) is 21.9 Å². The number of hydrogen-bond acceptors (Lipinski definition) is 4. The summed E-state index contributed by atoms with van der Waals surface area (Å²) in [5.74, 6) is 0.472. The number of carbonyl (C=O) groups excluding carboxylic acids is 1. The normalized spacial score (nSPS) is 10.4. The third-order valence-electron chi connectivity index (χ3n) is 3.03. The Kier molecular flexibility index (Phi) is 6.65. The van der Waals surface area contributed by atoms with Crippen LogP contribution >= 0.6 is 23.2 Å². The number of hydrogen-bond donors (Lipinski definition) is 2. The first-order valence-corrected chi connectivity index (χ1v) is 7.81. The number of nitrogens with one attached hydrogen (secondary N) is 2. The highest BCUT2D eigenvalue weighted by Crippen LogP contribution is 2.23. The van der Waals surface area contributed by atoms with Gasteiger partial charge in [-0.3, -0.25) is 4.79 Å². The molecule has 7 heteroatoms. The molecule has 1 aromatic carbocycles. The number of amides is 1. The van der Waals surface area contributed by atoms with Crippen LogP contribution in [0.2, 0.25) is 10.0 Å². The van der Waals surface area contributed by atoms with Crippen LogP contribution in [0.4, 0.5) is 11.5 Å². The van der Waals surface area contributed by atoms with Gasteiger partial charge >= 0.3 is 0 Å². The first-order chi connectivity index (χ1) is 11.1. The minimum Gasteiger partial charge on any atom is -0.385 e. The Morgan fingerprint density at radius 1 is 1.22 bits per heavy atom. The molecule has 122 valence electrons. The Bertz CT molecular complexity index is 663. The molecular weight excluding hydrogens is 337 g/mol. The summed E-state index contributed by atoms with van der Waals surface area (Å²) in [5, 5.41) is 6.68. The van der Waals surface area contributed by atoms with Crippen LogP contribution in [0.5, 0.6) is 0 Å². The fourth-order valence-electron chi connectivity index (χ4n) is 1.85. The lowest BCUT2D eigenvalue weighted by Crippen LogP contribution is -2.12. The molecule has 23 heavy (non-hydrogen) atoms. The highest BCUT2D eigenvalue weighted by atomic mass is 35.5. The summed E-state index contributed by atoms with van der Waals surface area (Å²) in [7, 11) is 1.67. The molecule has 2 rings (SSSR count). The van der Waals surface area contributed by atoms with Crippen molar-refractivity contribution < 1.29 is 9.53 Å². The van der Waals surface area contributed by atoms with Gasteiger partial charge in [-0.25, -0.2) is 4.98 Å². The van der Waals surface area contributed by atoms with Crippen LogP contribution in [0.1, 0.15) is 16.8 Å². The van der Waals surface area contributed by atoms with E-state index in [9.17, 15) is 4.79 Å². The predicted molar refractivity (Wildman–Crippen MR) is 93.6 cm³/mol. The molecule has 5 nitrogen and oxygen atoms in total. The molecule has 2 N–H and O–H groups in total. The van der Waals surface area contributed by atoms with Gasteiger partial charge in [0, 0.05) is 25.8 Å². The van der Waals surface area contributed by atoms with E-state index in [1.165, 1.54) is 6.07 Å². The highest BCUT2D eigenvalue weighted by molar-refractivity contribution is 6.42. The maximum Gasteiger partial charge on any atom is 0.255 e. The summed E-state index contributed by atoms with van der Waals surface area (Å²) in [5.41, 5.74) is 1.03. The third-order valence-corrected chi connectivity index (χ3v) is 3.77. The molecule has 0 saturated heterocycles. The van der Waals surface area contributed by atoms with Gasteiger partial charge in [0.1, 0.15) is 5.82 Å². The number of carbonyl (C=O) groups is 1. The zero-order chi connectivity index (χ0) is 16.7. The summed E-state index contributed by atoms with van der Waals surface area (Å²) in [6, 6.07) is 8.31. The fraction of sp³-hybridized carbons (Fsp3) is 0.250. The number of halogens is 2. The number of benzene rings is 1. The van der Waals surface area contributed by atoms with Gasteiger partial charge in [0.2, 0.25) is 0 Å². The SMILES string of the molecule is COCCCNc1ccc(NC(=O)c2ccc(Cl)c(Cl)c2)cn1. The van der Waals surface area contributed by atoms with Crippen molar-refractivity contribution in [2.24, 2.45) is 0 Å². The van der Waals surface area contributed by atoms with Gasteiger partial charge in [0.15, 0.2) is 0 Å². The quantitative estimate of drug-likeness (QED) is 0.735. The minimum absolute atomic E-state index is 0.272. The Morgan fingerprint density at radius 3 is 2.70 bits per heavy atom. The smallest absolute Gasteiger partial charge is 0.255 e. The van der Waals surface area contributed by atoms with E-state index in [4.69, 9.17) is 27.9 Å². The molecule has 0 fully saturated rings. The van der Waals surface area contributed by atoms with Gasteiger partial charge in [-0.15, -0.1) is 0 Å². The average Bonchev–Trinajstić information content (AvgIpc) is 2.55. The Labute approximate surface area is 145 Å². The van der Waals surface area contributed by atoms with Crippen molar-refractivity contribution in [1.29, 1.82) is 0 Å². The highest BCUT2D eigenvalue weighted by Gasteiger charge is 2.08. The van der Waals surface area contributed by atoms with Crippen LogP contribution < -0.4 is 10.6 Å². The van der Waals surface area contributed by atoms with Crippen LogP contribution in [0.25, 0.3) is 0 Å². The van der Waals surface area contributed by atoms with Crippen molar-refractivity contribution in [2.45, 2.75) is 6.42 Å². The largest absolute Gasteiger partial charge is 0.385 e. The topological polar surface area (TPSA) is 63.2 Å². The van der Waals surface area contributed by atoms with Crippen molar-refractivity contribution in [2.75, 3.05) is 30.9 Å². The fourth-order valence-corrected chi connectivity index (χ4v) is 2.14. The maximum absolute atomic E-state index is 12.1. The molecule has 0 spiro atoms. The van der Waals surface area contributed by atoms with Crippen molar-refractivity contribution in [3.8, 4) is 0 Å². The van der Waals surface area contributed by atoms with E-state index in [0.717, 1.165) is 18.8 Å². The number of pyridine rings is 1. The zero-order valence-corrected chi connectivity index (χ0v) is 14.1. The van der Waals surface area contributed by atoms with Crippen LogP contribution in [-0.4, -0.2) is 31.2 Å². The second-order valence-electron chi connectivity index (χ2n) is 4.79. The Hall–Kier alpha value is -1.82. The number of nitrogens with zero attached hydrogens (tertiary/aromatic N) is 1. The average molecular weight is 354 g/mol. The van der Waals surface area contributed by atoms with Gasteiger partial charge in [-0.1, -0.05) is 23.2 Å². The number of rotatable bonds is 7. The molecule has 0 aliphatic rings. The number of anilines is 2. The molecule has 0 radical (unpaired) electrons.